The van der Waals surface area contributed by atoms with Crippen LogP contribution in [0.3, 0.4) is 0 Å². The number of piperazine rings is 1. The summed E-state index contributed by atoms with van der Waals surface area (Å²) in [6.07, 6.45) is 1.67. The summed E-state index contributed by atoms with van der Waals surface area (Å²) in [5, 5.41) is 4.65. The first-order valence-electron chi connectivity index (χ1n) is 8.53. The van der Waals surface area contributed by atoms with E-state index in [-0.39, 0.29) is 0 Å². The minimum absolute atomic E-state index is 0.637. The van der Waals surface area contributed by atoms with Gasteiger partial charge >= 0.3 is 0 Å². The molecule has 1 aliphatic rings. The summed E-state index contributed by atoms with van der Waals surface area (Å²) >= 11 is 12.1. The smallest absolute Gasteiger partial charge is 0.209 e. The van der Waals surface area contributed by atoms with E-state index in [4.69, 9.17) is 23.2 Å². The summed E-state index contributed by atoms with van der Waals surface area (Å²) in [7, 11) is 0. The van der Waals surface area contributed by atoms with Gasteiger partial charge in [0.1, 0.15) is 17.5 Å². The van der Waals surface area contributed by atoms with Crippen molar-refractivity contribution < 1.29 is 4.79 Å². The highest BCUT2D eigenvalue weighted by Gasteiger charge is 2.17. The minimum atomic E-state index is 0.637. The van der Waals surface area contributed by atoms with Crippen LogP contribution in [0.4, 0.5) is 11.6 Å². The maximum absolute atomic E-state index is 10.8. The molecule has 2 aromatic rings. The number of hydrogen-bond donors (Lipinski definition) is 1. The zero-order valence-corrected chi connectivity index (χ0v) is 16.1. The first-order valence-corrected chi connectivity index (χ1v) is 9.28. The Bertz CT molecular complexity index is 778. The minimum Gasteiger partial charge on any atom is -0.370 e. The van der Waals surface area contributed by atoms with Gasteiger partial charge < -0.3 is 15.1 Å². The number of nitrogens with one attached hydrogen (secondary N) is 1. The van der Waals surface area contributed by atoms with Gasteiger partial charge in [0.2, 0.25) is 6.41 Å². The number of anilines is 2. The van der Waals surface area contributed by atoms with E-state index in [0.29, 0.717) is 35.5 Å². The van der Waals surface area contributed by atoms with Gasteiger partial charge in [-0.1, -0.05) is 29.3 Å². The van der Waals surface area contributed by atoms with Crippen molar-refractivity contribution in [3.63, 3.8) is 0 Å². The molecule has 1 N–H and O–H groups in total. The second-order valence-electron chi connectivity index (χ2n) is 6.20. The number of benzene rings is 1. The number of amides is 1. The largest absolute Gasteiger partial charge is 0.370 e. The lowest BCUT2D eigenvalue weighted by molar-refractivity contribution is -0.118. The molecule has 0 spiro atoms. The Labute approximate surface area is 163 Å². The maximum Gasteiger partial charge on any atom is 0.209 e. The highest BCUT2D eigenvalue weighted by Crippen LogP contribution is 2.22. The fourth-order valence-electron chi connectivity index (χ4n) is 2.91. The van der Waals surface area contributed by atoms with Crippen LogP contribution in [0.15, 0.2) is 24.3 Å². The molecule has 1 fully saturated rings. The van der Waals surface area contributed by atoms with Gasteiger partial charge in [-0.05, 0) is 31.0 Å². The molecule has 0 saturated carbocycles. The molecular formula is C18H21Cl2N5O. The van der Waals surface area contributed by atoms with Crippen LogP contribution < -0.4 is 10.2 Å². The number of hydrogen-bond acceptors (Lipinski definition) is 5. The molecule has 0 unspecified atom stereocenters. The lowest BCUT2D eigenvalue weighted by Gasteiger charge is -2.33. The van der Waals surface area contributed by atoms with Crippen molar-refractivity contribution >= 4 is 41.2 Å². The quantitative estimate of drug-likeness (QED) is 0.764. The van der Waals surface area contributed by atoms with Crippen molar-refractivity contribution in [2.45, 2.75) is 13.3 Å². The third kappa shape index (κ3) is 4.77. The average molecular weight is 394 g/mol. The number of nitrogens with zero attached hydrogens (tertiary/aromatic N) is 4. The first-order chi connectivity index (χ1) is 12.5. The zero-order chi connectivity index (χ0) is 18.5. The number of halogens is 2. The van der Waals surface area contributed by atoms with Gasteiger partial charge in [-0.25, -0.2) is 9.97 Å². The Morgan fingerprint density at radius 3 is 2.62 bits per heavy atom. The van der Waals surface area contributed by atoms with Crippen LogP contribution in [0.2, 0.25) is 10.0 Å². The maximum atomic E-state index is 10.8. The molecule has 2 heterocycles. The van der Waals surface area contributed by atoms with Crippen LogP contribution in [0.25, 0.3) is 0 Å². The predicted molar refractivity (Wildman–Crippen MR) is 105 cm³/mol. The molecule has 3 rings (SSSR count). The SMILES string of the molecule is Cc1nc(NCCc2ccc(Cl)cc2Cl)cc(N2CCN(C=O)CC2)n1. The van der Waals surface area contributed by atoms with Gasteiger partial charge in [-0.2, -0.15) is 0 Å². The zero-order valence-electron chi connectivity index (χ0n) is 14.6. The number of aryl methyl sites for hydroxylation is 1. The summed E-state index contributed by atoms with van der Waals surface area (Å²) in [5.74, 6) is 2.39. The Balaban J connectivity index is 1.61. The van der Waals surface area contributed by atoms with Gasteiger partial charge in [-0.15, -0.1) is 0 Å². The second-order valence-corrected chi connectivity index (χ2v) is 7.04. The molecule has 1 amide bonds. The molecule has 26 heavy (non-hydrogen) atoms. The van der Waals surface area contributed by atoms with Crippen molar-refractivity contribution in [1.29, 1.82) is 0 Å². The molecule has 0 aliphatic carbocycles. The lowest BCUT2D eigenvalue weighted by Crippen LogP contribution is -2.46. The Hall–Kier alpha value is -2.05. The molecule has 1 aromatic carbocycles. The van der Waals surface area contributed by atoms with E-state index >= 15 is 0 Å². The summed E-state index contributed by atoms with van der Waals surface area (Å²) < 4.78 is 0. The van der Waals surface area contributed by atoms with Crippen LogP contribution in [-0.2, 0) is 11.2 Å². The van der Waals surface area contributed by atoms with Crippen LogP contribution >= 0.6 is 23.2 Å². The Morgan fingerprint density at radius 2 is 1.92 bits per heavy atom. The van der Waals surface area contributed by atoms with E-state index in [1.807, 2.05) is 25.1 Å². The fourth-order valence-corrected chi connectivity index (χ4v) is 3.41. The second kappa shape index (κ2) is 8.56. The third-order valence-electron chi connectivity index (χ3n) is 4.33. The van der Waals surface area contributed by atoms with Crippen molar-refractivity contribution in [1.82, 2.24) is 14.9 Å². The molecule has 0 atom stereocenters. The van der Waals surface area contributed by atoms with Gasteiger partial charge in [0.25, 0.3) is 0 Å². The molecule has 6 nitrogen and oxygen atoms in total. The van der Waals surface area contributed by atoms with Crippen LogP contribution in [0, 0.1) is 6.92 Å². The van der Waals surface area contributed by atoms with E-state index in [2.05, 4.69) is 20.2 Å². The Kier molecular flexibility index (Phi) is 6.16. The highest BCUT2D eigenvalue weighted by atomic mass is 35.5. The normalized spacial score (nSPS) is 14.4. The average Bonchev–Trinajstić information content (AvgIpc) is 2.63. The van der Waals surface area contributed by atoms with Crippen molar-refractivity contribution in [2.24, 2.45) is 0 Å². The molecule has 0 bridgehead atoms. The highest BCUT2D eigenvalue weighted by molar-refractivity contribution is 6.35. The van der Waals surface area contributed by atoms with E-state index in [1.165, 1.54) is 0 Å². The Morgan fingerprint density at radius 1 is 1.15 bits per heavy atom. The van der Waals surface area contributed by atoms with Crippen LogP contribution in [0.5, 0.6) is 0 Å². The number of aromatic nitrogens is 2. The molecule has 138 valence electrons. The van der Waals surface area contributed by atoms with Gasteiger partial charge in [0.05, 0.1) is 0 Å². The summed E-state index contributed by atoms with van der Waals surface area (Å²) in [6.45, 7) is 5.56. The fraction of sp³-hybridized carbons (Fsp3) is 0.389. The summed E-state index contributed by atoms with van der Waals surface area (Å²) in [6, 6.07) is 7.49. The number of rotatable bonds is 6. The van der Waals surface area contributed by atoms with E-state index in [0.717, 1.165) is 43.1 Å². The number of carbonyl (C=O) groups is 1. The topological polar surface area (TPSA) is 61.4 Å². The van der Waals surface area contributed by atoms with Gasteiger partial charge in [-0.3, -0.25) is 4.79 Å². The molecule has 1 aliphatic heterocycles. The van der Waals surface area contributed by atoms with E-state index in [9.17, 15) is 4.79 Å². The molecule has 0 radical (unpaired) electrons. The van der Waals surface area contributed by atoms with Gasteiger partial charge in [0, 0.05) is 48.8 Å². The number of carbonyl (C=O) groups excluding carboxylic acids is 1. The molecular weight excluding hydrogens is 373 g/mol. The van der Waals surface area contributed by atoms with Crippen molar-refractivity contribution in [2.75, 3.05) is 42.9 Å². The van der Waals surface area contributed by atoms with Crippen molar-refractivity contribution in [3.8, 4) is 0 Å². The first kappa shape index (κ1) is 18.7. The van der Waals surface area contributed by atoms with Crippen LogP contribution in [0.1, 0.15) is 11.4 Å². The summed E-state index contributed by atoms with van der Waals surface area (Å²) in [5.41, 5.74) is 1.04. The van der Waals surface area contributed by atoms with Crippen LogP contribution in [-0.4, -0.2) is 54.0 Å². The lowest BCUT2D eigenvalue weighted by atomic mass is 10.1. The third-order valence-corrected chi connectivity index (χ3v) is 4.91. The predicted octanol–water partition coefficient (Wildman–Crippen LogP) is 3.02. The summed E-state index contributed by atoms with van der Waals surface area (Å²) in [4.78, 5) is 23.8. The van der Waals surface area contributed by atoms with E-state index in [1.54, 1.807) is 11.0 Å². The molecule has 8 heteroatoms. The molecule has 1 aromatic heterocycles. The van der Waals surface area contributed by atoms with E-state index < -0.39 is 0 Å². The standard InChI is InChI=1S/C18H21Cl2N5O/c1-13-22-17(21-5-4-14-2-3-15(19)10-16(14)20)11-18(23-13)25-8-6-24(12-26)7-9-25/h2-3,10-12H,4-9H2,1H3,(H,21,22,23). The van der Waals surface area contributed by atoms with Crippen molar-refractivity contribution in [3.05, 3.63) is 45.7 Å². The monoisotopic (exact) mass is 393 g/mol. The molecule has 1 saturated heterocycles. The van der Waals surface area contributed by atoms with Gasteiger partial charge in [0.15, 0.2) is 0 Å².